The maximum atomic E-state index is 14.5. The highest BCUT2D eigenvalue weighted by Gasteiger charge is 2.58. The lowest BCUT2D eigenvalue weighted by molar-refractivity contribution is -0.127. The van der Waals surface area contributed by atoms with Gasteiger partial charge in [0.2, 0.25) is 5.66 Å². The molecule has 2 amide bonds. The van der Waals surface area contributed by atoms with Crippen LogP contribution in [-0.4, -0.2) is 23.3 Å². The Kier molecular flexibility index (Phi) is 5.50. The average molecular weight is 494 g/mol. The van der Waals surface area contributed by atoms with Gasteiger partial charge in [0.25, 0.3) is 11.8 Å². The van der Waals surface area contributed by atoms with E-state index in [-0.39, 0.29) is 11.8 Å². The van der Waals surface area contributed by atoms with Crippen LogP contribution in [0.1, 0.15) is 27.0 Å². The molecule has 0 saturated carbocycles. The average Bonchev–Trinajstić information content (AvgIpc) is 3.13. The highest BCUT2D eigenvalue weighted by atomic mass is 35.5. The molecule has 0 saturated heterocycles. The zero-order valence-corrected chi connectivity index (χ0v) is 20.3. The molecule has 2 aliphatic heterocycles. The second-order valence-electron chi connectivity index (χ2n) is 9.07. The Labute approximate surface area is 214 Å². The molecule has 5 nitrogen and oxygen atoms in total. The third-order valence-corrected chi connectivity index (χ3v) is 7.38. The van der Waals surface area contributed by atoms with Crippen molar-refractivity contribution in [2.24, 2.45) is 0 Å². The number of carbonyl (C=O) groups excluding carboxylic acids is 2. The minimum atomic E-state index is -1.35. The van der Waals surface area contributed by atoms with E-state index in [4.69, 9.17) is 11.6 Å². The summed E-state index contributed by atoms with van der Waals surface area (Å²) in [6, 6.07) is 32.6. The van der Waals surface area contributed by atoms with Crippen molar-refractivity contribution in [3.8, 4) is 0 Å². The number of halogens is 1. The summed E-state index contributed by atoms with van der Waals surface area (Å²) in [7, 11) is 0. The van der Waals surface area contributed by atoms with Crippen LogP contribution < -0.4 is 10.2 Å². The summed E-state index contributed by atoms with van der Waals surface area (Å²) in [6.45, 7) is 0.686. The molecule has 0 unspecified atom stereocenters. The molecule has 1 spiro atoms. The minimum absolute atomic E-state index is 0.164. The number of nitrogens with one attached hydrogen (secondary N) is 1. The molecule has 0 aliphatic carbocycles. The summed E-state index contributed by atoms with van der Waals surface area (Å²) >= 11 is 6.47. The molecule has 4 aromatic rings. The first-order valence-electron chi connectivity index (χ1n) is 12.0. The third kappa shape index (κ3) is 3.47. The molecule has 0 aromatic heterocycles. The molecule has 2 heterocycles. The first-order valence-corrected chi connectivity index (χ1v) is 12.4. The van der Waals surface area contributed by atoms with E-state index >= 15 is 0 Å². The number of hydrogen-bond donors (Lipinski definition) is 1. The number of carbonyl (C=O) groups is 2. The van der Waals surface area contributed by atoms with E-state index < -0.39 is 5.66 Å². The normalized spacial score (nSPS) is 18.2. The lowest BCUT2D eigenvalue weighted by atomic mass is 9.92. The van der Waals surface area contributed by atoms with Crippen LogP contribution in [0.15, 0.2) is 103 Å². The van der Waals surface area contributed by atoms with Gasteiger partial charge in [-0.05, 0) is 41.8 Å². The van der Waals surface area contributed by atoms with E-state index in [1.54, 1.807) is 15.9 Å². The van der Waals surface area contributed by atoms with Crippen LogP contribution in [0.4, 0.5) is 11.4 Å². The topological polar surface area (TPSA) is 52.7 Å². The fraction of sp³-hybridized carbons (Fsp3) is 0.133. The summed E-state index contributed by atoms with van der Waals surface area (Å²) < 4.78 is 0. The molecule has 6 rings (SSSR count). The Balaban J connectivity index is 1.48. The monoisotopic (exact) mass is 493 g/mol. The smallest absolute Gasteiger partial charge is 0.279 e. The molecule has 2 aliphatic rings. The van der Waals surface area contributed by atoms with Crippen molar-refractivity contribution in [2.75, 3.05) is 16.8 Å². The molecule has 178 valence electrons. The summed E-state index contributed by atoms with van der Waals surface area (Å²) in [4.78, 5) is 31.9. The molecular formula is C30H24ClN3O2. The number of benzene rings is 4. The van der Waals surface area contributed by atoms with Crippen molar-refractivity contribution in [3.63, 3.8) is 0 Å². The SMILES string of the molecule is O=C1c2ccccc2N[C@]2(C(=O)N(Cc3ccccc3Cl)c3ccccc32)N1CCc1ccccc1. The second-order valence-corrected chi connectivity index (χ2v) is 9.48. The predicted molar refractivity (Wildman–Crippen MR) is 142 cm³/mol. The molecule has 6 heteroatoms. The van der Waals surface area contributed by atoms with Crippen molar-refractivity contribution in [3.05, 3.63) is 130 Å². The third-order valence-electron chi connectivity index (χ3n) is 7.02. The second kappa shape index (κ2) is 8.85. The van der Waals surface area contributed by atoms with Crippen molar-refractivity contribution >= 4 is 34.8 Å². The lowest BCUT2D eigenvalue weighted by Crippen LogP contribution is -2.62. The minimum Gasteiger partial charge on any atom is -0.350 e. The van der Waals surface area contributed by atoms with Gasteiger partial charge in [0.15, 0.2) is 0 Å². The quantitative estimate of drug-likeness (QED) is 0.379. The largest absolute Gasteiger partial charge is 0.350 e. The van der Waals surface area contributed by atoms with Gasteiger partial charge in [-0.1, -0.05) is 90.5 Å². The van der Waals surface area contributed by atoms with Gasteiger partial charge in [-0.3, -0.25) is 9.59 Å². The fourth-order valence-corrected chi connectivity index (χ4v) is 5.46. The number of fused-ring (bicyclic) bond motifs is 3. The zero-order chi connectivity index (χ0) is 24.7. The van der Waals surface area contributed by atoms with Gasteiger partial charge in [-0.15, -0.1) is 0 Å². The number of hydrogen-bond acceptors (Lipinski definition) is 3. The molecule has 0 bridgehead atoms. The number of nitrogens with zero attached hydrogens (tertiary/aromatic N) is 2. The summed E-state index contributed by atoms with van der Waals surface area (Å²) in [5.41, 5.74) is 3.35. The highest BCUT2D eigenvalue weighted by molar-refractivity contribution is 6.31. The Morgan fingerprint density at radius 2 is 1.47 bits per heavy atom. The van der Waals surface area contributed by atoms with Crippen molar-refractivity contribution in [1.82, 2.24) is 4.90 Å². The van der Waals surface area contributed by atoms with E-state index in [0.29, 0.717) is 35.8 Å². The Bertz CT molecular complexity index is 1470. The van der Waals surface area contributed by atoms with Gasteiger partial charge in [0.05, 0.1) is 17.8 Å². The Morgan fingerprint density at radius 3 is 2.31 bits per heavy atom. The summed E-state index contributed by atoms with van der Waals surface area (Å²) in [5.74, 6) is -0.359. The van der Waals surface area contributed by atoms with Crippen molar-refractivity contribution in [2.45, 2.75) is 18.6 Å². The van der Waals surface area contributed by atoms with E-state index in [2.05, 4.69) is 5.32 Å². The maximum absolute atomic E-state index is 14.5. The molecule has 1 atom stereocenters. The molecule has 4 aromatic carbocycles. The van der Waals surface area contributed by atoms with Gasteiger partial charge in [0, 0.05) is 22.8 Å². The van der Waals surface area contributed by atoms with Gasteiger partial charge in [-0.25, -0.2) is 0 Å². The predicted octanol–water partition coefficient (Wildman–Crippen LogP) is 5.85. The zero-order valence-electron chi connectivity index (χ0n) is 19.5. The van der Waals surface area contributed by atoms with Crippen LogP contribution in [0.5, 0.6) is 0 Å². The molecular weight excluding hydrogens is 470 g/mol. The number of rotatable bonds is 5. The standard InChI is InChI=1S/C30H24ClN3O2/c31-25-15-7-4-12-22(25)20-33-27-17-9-6-14-24(27)30(29(33)36)32-26-16-8-5-13-23(26)28(35)34(30)19-18-21-10-2-1-3-11-21/h1-17,32H,18-20H2/t30-/m0/s1. The first-order chi connectivity index (χ1) is 17.6. The van der Waals surface area contributed by atoms with Crippen molar-refractivity contribution < 1.29 is 9.59 Å². The number of amides is 2. The maximum Gasteiger partial charge on any atom is 0.279 e. The number of anilines is 2. The highest BCUT2D eigenvalue weighted by Crippen LogP contribution is 2.48. The van der Waals surface area contributed by atoms with E-state index in [1.807, 2.05) is 97.1 Å². The van der Waals surface area contributed by atoms with Gasteiger partial charge >= 0.3 is 0 Å². The molecule has 36 heavy (non-hydrogen) atoms. The number of para-hydroxylation sites is 2. The molecule has 1 N–H and O–H groups in total. The molecule has 0 radical (unpaired) electrons. The van der Waals surface area contributed by atoms with Crippen LogP contribution in [-0.2, 0) is 23.4 Å². The Hall–Kier alpha value is -4.09. The van der Waals surface area contributed by atoms with Gasteiger partial charge in [0.1, 0.15) is 0 Å². The van der Waals surface area contributed by atoms with Crippen LogP contribution >= 0.6 is 11.6 Å². The lowest BCUT2D eigenvalue weighted by Gasteiger charge is -2.45. The summed E-state index contributed by atoms with van der Waals surface area (Å²) in [6.07, 6.45) is 0.623. The molecule has 0 fully saturated rings. The van der Waals surface area contributed by atoms with E-state index in [1.165, 1.54) is 0 Å². The fourth-order valence-electron chi connectivity index (χ4n) is 5.26. The van der Waals surface area contributed by atoms with Gasteiger partial charge < -0.3 is 15.1 Å². The van der Waals surface area contributed by atoms with Crippen LogP contribution in [0, 0.1) is 0 Å². The Morgan fingerprint density at radius 1 is 0.778 bits per heavy atom. The van der Waals surface area contributed by atoms with E-state index in [0.717, 1.165) is 22.4 Å². The van der Waals surface area contributed by atoms with E-state index in [9.17, 15) is 9.59 Å². The van der Waals surface area contributed by atoms with Crippen LogP contribution in [0.25, 0.3) is 0 Å². The first kappa shape index (κ1) is 22.4. The summed E-state index contributed by atoms with van der Waals surface area (Å²) in [5, 5.41) is 4.11. The van der Waals surface area contributed by atoms with Crippen molar-refractivity contribution in [1.29, 1.82) is 0 Å². The van der Waals surface area contributed by atoms with Crippen LogP contribution in [0.2, 0.25) is 5.02 Å². The van der Waals surface area contributed by atoms with Crippen LogP contribution in [0.3, 0.4) is 0 Å². The van der Waals surface area contributed by atoms with Gasteiger partial charge in [-0.2, -0.15) is 0 Å².